The fourth-order valence-corrected chi connectivity index (χ4v) is 2.23. The van der Waals surface area contributed by atoms with Crippen molar-refractivity contribution >= 4 is 5.78 Å². The number of Topliss-reactive ketones (excluding diaryl/α,β-unsaturated/α-hetero) is 1. The third-order valence-corrected chi connectivity index (χ3v) is 3.51. The van der Waals surface area contributed by atoms with Crippen molar-refractivity contribution in [3.63, 3.8) is 0 Å². The van der Waals surface area contributed by atoms with E-state index in [1.54, 1.807) is 7.11 Å². The molecule has 0 fully saturated rings. The number of carbonyl (C=O) groups is 1. The molecule has 2 rings (SSSR count). The number of ketones is 1. The van der Waals surface area contributed by atoms with Crippen LogP contribution in [0.25, 0.3) is 0 Å². The van der Waals surface area contributed by atoms with Gasteiger partial charge in [-0.05, 0) is 48.2 Å². The summed E-state index contributed by atoms with van der Waals surface area (Å²) in [6.45, 7) is 4.08. The van der Waals surface area contributed by atoms with Crippen molar-refractivity contribution in [3.05, 3.63) is 64.7 Å². The molecule has 0 aromatic heterocycles. The van der Waals surface area contributed by atoms with Gasteiger partial charge >= 0.3 is 0 Å². The van der Waals surface area contributed by atoms with Crippen LogP contribution in [0.15, 0.2) is 42.5 Å². The Morgan fingerprint density at radius 1 is 1.05 bits per heavy atom. The van der Waals surface area contributed by atoms with E-state index in [1.807, 2.05) is 37.3 Å². The molecule has 0 spiro atoms. The lowest BCUT2D eigenvalue weighted by atomic mass is 10.00. The van der Waals surface area contributed by atoms with Crippen LogP contribution in [0.2, 0.25) is 0 Å². The normalized spacial score (nSPS) is 10.3. The smallest absolute Gasteiger partial charge is 0.167 e. The van der Waals surface area contributed by atoms with Crippen molar-refractivity contribution in [1.82, 2.24) is 0 Å². The Balaban J connectivity index is 2.12. The summed E-state index contributed by atoms with van der Waals surface area (Å²) in [5.41, 5.74) is 4.07. The summed E-state index contributed by atoms with van der Waals surface area (Å²) >= 11 is 0. The maximum absolute atomic E-state index is 12.3. The van der Waals surface area contributed by atoms with E-state index in [0.717, 1.165) is 28.9 Å². The van der Waals surface area contributed by atoms with Crippen LogP contribution in [0.3, 0.4) is 0 Å². The van der Waals surface area contributed by atoms with Crippen molar-refractivity contribution < 1.29 is 9.53 Å². The van der Waals surface area contributed by atoms with Gasteiger partial charge in [-0.2, -0.15) is 0 Å². The van der Waals surface area contributed by atoms with Gasteiger partial charge in [0, 0.05) is 12.0 Å². The van der Waals surface area contributed by atoms with Crippen LogP contribution in [0, 0.1) is 6.92 Å². The number of hydrogen-bond donors (Lipinski definition) is 0. The van der Waals surface area contributed by atoms with Gasteiger partial charge in [0.2, 0.25) is 0 Å². The van der Waals surface area contributed by atoms with Crippen LogP contribution in [0.4, 0.5) is 0 Å². The van der Waals surface area contributed by atoms with Gasteiger partial charge in [0.15, 0.2) is 5.78 Å². The zero-order valence-corrected chi connectivity index (χ0v) is 12.3. The Morgan fingerprint density at radius 2 is 1.70 bits per heavy atom. The van der Waals surface area contributed by atoms with E-state index >= 15 is 0 Å². The van der Waals surface area contributed by atoms with Crippen LogP contribution in [0.5, 0.6) is 5.75 Å². The second-order valence-corrected chi connectivity index (χ2v) is 4.95. The molecule has 0 unspecified atom stereocenters. The number of carbonyl (C=O) groups excluding carboxylic acids is 1. The van der Waals surface area contributed by atoms with Crippen LogP contribution in [-0.2, 0) is 12.8 Å². The molecule has 0 heterocycles. The van der Waals surface area contributed by atoms with Gasteiger partial charge in [0.05, 0.1) is 7.11 Å². The molecule has 0 aliphatic heterocycles. The third kappa shape index (κ3) is 3.27. The molecule has 0 saturated heterocycles. The summed E-state index contributed by atoms with van der Waals surface area (Å²) in [4.78, 5) is 12.3. The number of aryl methyl sites for hydroxylation is 2. The van der Waals surface area contributed by atoms with Crippen molar-refractivity contribution in [1.29, 1.82) is 0 Å². The zero-order valence-electron chi connectivity index (χ0n) is 12.3. The molecule has 2 aromatic carbocycles. The number of hydrogen-bond acceptors (Lipinski definition) is 2. The Kier molecular flexibility index (Phi) is 4.57. The molecule has 0 bridgehead atoms. The lowest BCUT2D eigenvalue weighted by Crippen LogP contribution is -2.04. The van der Waals surface area contributed by atoms with Crippen molar-refractivity contribution in [2.45, 2.75) is 26.7 Å². The maximum atomic E-state index is 12.3. The van der Waals surface area contributed by atoms with Gasteiger partial charge in [-0.1, -0.05) is 31.2 Å². The van der Waals surface area contributed by atoms with Crippen LogP contribution in [0.1, 0.15) is 34.0 Å². The molecule has 2 heteroatoms. The molecule has 20 heavy (non-hydrogen) atoms. The van der Waals surface area contributed by atoms with Crippen LogP contribution in [-0.4, -0.2) is 12.9 Å². The van der Waals surface area contributed by atoms with E-state index < -0.39 is 0 Å². The molecule has 0 N–H and O–H groups in total. The first kappa shape index (κ1) is 14.3. The van der Waals surface area contributed by atoms with Crippen LogP contribution >= 0.6 is 0 Å². The fourth-order valence-electron chi connectivity index (χ4n) is 2.23. The first-order valence-corrected chi connectivity index (χ1v) is 6.89. The van der Waals surface area contributed by atoms with Gasteiger partial charge in [-0.15, -0.1) is 0 Å². The molecular formula is C18H20O2. The van der Waals surface area contributed by atoms with E-state index in [2.05, 4.69) is 19.1 Å². The number of methoxy groups -OCH3 is 1. The van der Waals surface area contributed by atoms with Gasteiger partial charge in [-0.25, -0.2) is 0 Å². The van der Waals surface area contributed by atoms with Gasteiger partial charge in [0.25, 0.3) is 0 Å². The highest BCUT2D eigenvalue weighted by Gasteiger charge is 2.09. The summed E-state index contributed by atoms with van der Waals surface area (Å²) in [5, 5.41) is 0. The predicted octanol–water partition coefficient (Wildman–Crippen LogP) is 3.99. The Hall–Kier alpha value is -2.09. The number of rotatable bonds is 5. The SMILES string of the molecule is CCc1ccc(CC(=O)c2ccc(OC)c(C)c2)cc1. The van der Waals surface area contributed by atoms with Gasteiger partial charge in [-0.3, -0.25) is 4.79 Å². The average Bonchev–Trinajstić information content (AvgIpc) is 2.48. The third-order valence-electron chi connectivity index (χ3n) is 3.51. The average molecular weight is 268 g/mol. The van der Waals surface area contributed by atoms with Crippen LogP contribution < -0.4 is 4.74 Å². The summed E-state index contributed by atoms with van der Waals surface area (Å²) in [5.74, 6) is 0.953. The van der Waals surface area contributed by atoms with Crippen molar-refractivity contribution in [2.75, 3.05) is 7.11 Å². The Labute approximate surface area is 120 Å². The first-order valence-electron chi connectivity index (χ1n) is 6.89. The van der Waals surface area contributed by atoms with Crippen molar-refractivity contribution in [3.8, 4) is 5.75 Å². The molecule has 0 radical (unpaired) electrons. The summed E-state index contributed by atoms with van der Waals surface area (Å²) in [6.07, 6.45) is 1.46. The molecule has 104 valence electrons. The van der Waals surface area contributed by atoms with Gasteiger partial charge in [0.1, 0.15) is 5.75 Å². The molecule has 2 aromatic rings. The topological polar surface area (TPSA) is 26.3 Å². The second-order valence-electron chi connectivity index (χ2n) is 4.95. The highest BCUT2D eigenvalue weighted by atomic mass is 16.5. The van der Waals surface area contributed by atoms with Gasteiger partial charge < -0.3 is 4.74 Å². The number of benzene rings is 2. The minimum atomic E-state index is 0.139. The predicted molar refractivity (Wildman–Crippen MR) is 81.6 cm³/mol. The summed E-state index contributed by atoms with van der Waals surface area (Å²) in [6, 6.07) is 13.8. The lowest BCUT2D eigenvalue weighted by molar-refractivity contribution is 0.0993. The Morgan fingerprint density at radius 3 is 2.25 bits per heavy atom. The standard InChI is InChI=1S/C18H20O2/c1-4-14-5-7-15(8-6-14)12-17(19)16-9-10-18(20-3)13(2)11-16/h5-11H,4,12H2,1-3H3. The number of ether oxygens (including phenoxy) is 1. The van der Waals surface area contributed by atoms with Crippen molar-refractivity contribution in [2.24, 2.45) is 0 Å². The maximum Gasteiger partial charge on any atom is 0.167 e. The van der Waals surface area contributed by atoms with E-state index in [-0.39, 0.29) is 5.78 Å². The molecule has 0 amide bonds. The largest absolute Gasteiger partial charge is 0.496 e. The zero-order chi connectivity index (χ0) is 14.5. The molecule has 2 nitrogen and oxygen atoms in total. The van der Waals surface area contributed by atoms with E-state index in [4.69, 9.17) is 4.74 Å². The lowest BCUT2D eigenvalue weighted by Gasteiger charge is -2.07. The highest BCUT2D eigenvalue weighted by Crippen LogP contribution is 2.19. The minimum Gasteiger partial charge on any atom is -0.496 e. The highest BCUT2D eigenvalue weighted by molar-refractivity contribution is 5.97. The summed E-state index contributed by atoms with van der Waals surface area (Å²) in [7, 11) is 1.64. The quantitative estimate of drug-likeness (QED) is 0.766. The molecule has 0 saturated carbocycles. The molecule has 0 aliphatic carbocycles. The van der Waals surface area contributed by atoms with E-state index in [9.17, 15) is 4.79 Å². The first-order chi connectivity index (χ1) is 9.63. The van der Waals surface area contributed by atoms with E-state index in [1.165, 1.54) is 5.56 Å². The molecular weight excluding hydrogens is 248 g/mol. The Bertz CT molecular complexity index is 597. The molecule has 0 atom stereocenters. The van der Waals surface area contributed by atoms with E-state index in [0.29, 0.717) is 6.42 Å². The fraction of sp³-hybridized carbons (Fsp3) is 0.278. The minimum absolute atomic E-state index is 0.139. The summed E-state index contributed by atoms with van der Waals surface area (Å²) < 4.78 is 5.21. The monoisotopic (exact) mass is 268 g/mol. The second kappa shape index (κ2) is 6.38. The molecule has 0 aliphatic rings.